The molecule has 3 saturated carbocycles. The van der Waals surface area contributed by atoms with Crippen LogP contribution in [0, 0.1) is 23.2 Å². The topological polar surface area (TPSA) is 97.0 Å². The van der Waals surface area contributed by atoms with E-state index in [1.807, 2.05) is 32.0 Å². The van der Waals surface area contributed by atoms with E-state index in [1.54, 1.807) is 4.90 Å². The summed E-state index contributed by atoms with van der Waals surface area (Å²) in [5, 5.41) is 6.06. The van der Waals surface area contributed by atoms with Gasteiger partial charge in [-0.05, 0) is 74.2 Å². The first kappa shape index (κ1) is 29.1. The van der Waals surface area contributed by atoms with E-state index in [4.69, 9.17) is 9.31 Å². The molecule has 9 heteroatoms. The zero-order chi connectivity index (χ0) is 28.8. The predicted molar refractivity (Wildman–Crippen MR) is 154 cm³/mol. The maximum atomic E-state index is 13.8. The molecule has 3 aliphatic carbocycles. The van der Waals surface area contributed by atoms with Crippen molar-refractivity contribution in [2.75, 3.05) is 6.54 Å². The molecule has 2 bridgehead atoms. The highest BCUT2D eigenvalue weighted by Crippen LogP contribution is 2.65. The Kier molecular flexibility index (Phi) is 8.10. The molecule has 1 aromatic rings. The molecular weight excluding hydrogens is 505 g/mol. The second kappa shape index (κ2) is 11.1. The number of amides is 3. The number of likely N-dealkylation sites (tertiary alicyclic amines) is 1. The van der Waals surface area contributed by atoms with Gasteiger partial charge < -0.3 is 24.8 Å². The van der Waals surface area contributed by atoms with Crippen LogP contribution in [0.2, 0.25) is 0 Å². The maximum absolute atomic E-state index is 13.8. The van der Waals surface area contributed by atoms with Crippen molar-refractivity contribution in [2.24, 2.45) is 23.2 Å². The van der Waals surface area contributed by atoms with E-state index in [2.05, 4.69) is 43.5 Å². The molecule has 40 heavy (non-hydrogen) atoms. The molecule has 2 aliphatic heterocycles. The van der Waals surface area contributed by atoms with Crippen LogP contribution in [0.1, 0.15) is 79.2 Å². The fourth-order valence-electron chi connectivity index (χ4n) is 7.81. The first-order valence-electron chi connectivity index (χ1n) is 15.2. The van der Waals surface area contributed by atoms with Crippen LogP contribution < -0.4 is 10.6 Å². The highest BCUT2D eigenvalue weighted by molar-refractivity contribution is 6.48. The number of hydrogen-bond donors (Lipinski definition) is 2. The van der Waals surface area contributed by atoms with Gasteiger partial charge in [-0.2, -0.15) is 0 Å². The second-order valence-corrected chi connectivity index (χ2v) is 13.6. The van der Waals surface area contributed by atoms with Crippen LogP contribution in [0.25, 0.3) is 0 Å². The Hall–Kier alpha value is -2.39. The number of nitrogens with one attached hydrogen (secondary N) is 2. The zero-order valence-corrected chi connectivity index (χ0v) is 24.9. The average Bonchev–Trinajstić information content (AvgIpc) is 3.53. The van der Waals surface area contributed by atoms with Gasteiger partial charge in [-0.3, -0.25) is 14.4 Å². The molecule has 7 atom stereocenters. The van der Waals surface area contributed by atoms with Gasteiger partial charge in [0.15, 0.2) is 0 Å². The van der Waals surface area contributed by atoms with Crippen molar-refractivity contribution >= 4 is 24.8 Å². The standard InChI is InChI=1S/C31H46BN3O5/c1-19(2)27(33-20(3)36)29(38)35-16-10-13-23(35)28(37)34-26(15-14-21-11-8-7-9-12-21)32-39-25-18-22-17-24(30(22,4)5)31(25,6)40-32/h7-9,11-12,19,22-27H,10,13-18H2,1-6H3,(H,33,36)(H,34,37)/t22-,23-,24-,25-,26-,27-,31+/m0/s1. The fourth-order valence-corrected chi connectivity index (χ4v) is 7.81. The van der Waals surface area contributed by atoms with Gasteiger partial charge in [-0.15, -0.1) is 0 Å². The van der Waals surface area contributed by atoms with E-state index < -0.39 is 19.2 Å². The van der Waals surface area contributed by atoms with Gasteiger partial charge in [0.25, 0.3) is 0 Å². The second-order valence-electron chi connectivity index (χ2n) is 13.6. The number of rotatable bonds is 9. The number of benzene rings is 1. The summed E-state index contributed by atoms with van der Waals surface area (Å²) in [5.41, 5.74) is 1.06. The van der Waals surface area contributed by atoms with Crippen LogP contribution in [0.4, 0.5) is 0 Å². The van der Waals surface area contributed by atoms with Crippen molar-refractivity contribution in [1.29, 1.82) is 0 Å². The lowest BCUT2D eigenvalue weighted by Crippen LogP contribution is -2.65. The minimum Gasteiger partial charge on any atom is -0.404 e. The number of aryl methyl sites for hydroxylation is 1. The summed E-state index contributed by atoms with van der Waals surface area (Å²) in [6, 6.07) is 9.02. The van der Waals surface area contributed by atoms with Gasteiger partial charge in [0.1, 0.15) is 12.1 Å². The summed E-state index contributed by atoms with van der Waals surface area (Å²) in [7, 11) is -0.536. The molecule has 0 unspecified atom stereocenters. The Labute approximate surface area is 239 Å². The molecule has 1 aromatic carbocycles. The lowest BCUT2D eigenvalue weighted by molar-refractivity contribution is -0.199. The van der Waals surface area contributed by atoms with Crippen LogP contribution in [0.15, 0.2) is 30.3 Å². The molecular formula is C31H46BN3O5. The Morgan fingerprint density at radius 3 is 2.48 bits per heavy atom. The highest BCUT2D eigenvalue weighted by atomic mass is 16.7. The Balaban J connectivity index is 1.32. The number of hydrogen-bond acceptors (Lipinski definition) is 5. The summed E-state index contributed by atoms with van der Waals surface area (Å²) >= 11 is 0. The van der Waals surface area contributed by atoms with Crippen molar-refractivity contribution < 1.29 is 23.7 Å². The molecule has 2 saturated heterocycles. The van der Waals surface area contributed by atoms with Crippen molar-refractivity contribution in [3.8, 4) is 0 Å². The van der Waals surface area contributed by atoms with E-state index in [-0.39, 0.29) is 46.7 Å². The van der Waals surface area contributed by atoms with E-state index in [0.717, 1.165) is 19.3 Å². The van der Waals surface area contributed by atoms with E-state index >= 15 is 0 Å². The van der Waals surface area contributed by atoms with Crippen LogP contribution >= 0.6 is 0 Å². The van der Waals surface area contributed by atoms with E-state index in [9.17, 15) is 14.4 Å². The minimum atomic E-state index is -0.654. The fraction of sp³-hybridized carbons (Fsp3) is 0.710. The van der Waals surface area contributed by atoms with Gasteiger partial charge >= 0.3 is 7.12 Å². The minimum absolute atomic E-state index is 0.0272. The van der Waals surface area contributed by atoms with Gasteiger partial charge in [0, 0.05) is 13.5 Å². The number of carbonyl (C=O) groups excluding carboxylic acids is 3. The molecule has 0 spiro atoms. The zero-order valence-electron chi connectivity index (χ0n) is 24.9. The van der Waals surface area contributed by atoms with Gasteiger partial charge in [-0.1, -0.05) is 58.0 Å². The first-order valence-corrected chi connectivity index (χ1v) is 15.2. The summed E-state index contributed by atoms with van der Waals surface area (Å²) in [5.74, 6) is 0.0294. The van der Waals surface area contributed by atoms with Crippen molar-refractivity contribution in [3.05, 3.63) is 35.9 Å². The maximum Gasteiger partial charge on any atom is 0.481 e. The quantitative estimate of drug-likeness (QED) is 0.458. The van der Waals surface area contributed by atoms with Gasteiger partial charge in [0.2, 0.25) is 17.7 Å². The highest BCUT2D eigenvalue weighted by Gasteiger charge is 2.68. The lowest BCUT2D eigenvalue weighted by Gasteiger charge is -2.64. The molecule has 218 valence electrons. The normalized spacial score (nSPS) is 31.8. The Morgan fingerprint density at radius 1 is 1.10 bits per heavy atom. The van der Waals surface area contributed by atoms with Crippen LogP contribution in [0.5, 0.6) is 0 Å². The van der Waals surface area contributed by atoms with Gasteiger partial charge in [-0.25, -0.2) is 0 Å². The lowest BCUT2D eigenvalue weighted by atomic mass is 9.43. The molecule has 0 aromatic heterocycles. The summed E-state index contributed by atoms with van der Waals surface area (Å²) < 4.78 is 13.4. The SMILES string of the molecule is CC(=O)N[C@H](C(=O)N1CCC[C@H]1C(=O)N[C@@H](CCc1ccccc1)B1O[C@H]2C[C@@H]3C[C@@H](C3(C)C)[C@@]2(C)O1)C(C)C. The molecule has 5 aliphatic rings. The Bertz CT molecular complexity index is 1110. The monoisotopic (exact) mass is 551 g/mol. The smallest absolute Gasteiger partial charge is 0.404 e. The molecule has 8 nitrogen and oxygen atoms in total. The van der Waals surface area contributed by atoms with Crippen LogP contribution in [-0.2, 0) is 30.1 Å². The third kappa shape index (κ3) is 5.31. The average molecular weight is 552 g/mol. The van der Waals surface area contributed by atoms with Crippen molar-refractivity contribution in [1.82, 2.24) is 15.5 Å². The molecule has 3 amide bonds. The number of nitrogens with zero attached hydrogens (tertiary/aromatic N) is 1. The van der Waals surface area contributed by atoms with E-state index in [1.165, 1.54) is 18.9 Å². The largest absolute Gasteiger partial charge is 0.481 e. The van der Waals surface area contributed by atoms with Gasteiger partial charge in [0.05, 0.1) is 17.6 Å². The molecule has 2 heterocycles. The summed E-state index contributed by atoms with van der Waals surface area (Å²) in [6.45, 7) is 12.6. The predicted octanol–water partition coefficient (Wildman–Crippen LogP) is 3.52. The van der Waals surface area contributed by atoms with E-state index in [0.29, 0.717) is 31.2 Å². The first-order chi connectivity index (χ1) is 18.9. The van der Waals surface area contributed by atoms with Crippen molar-refractivity contribution in [2.45, 2.75) is 110 Å². The molecule has 2 N–H and O–H groups in total. The molecule has 0 radical (unpaired) electrons. The van der Waals surface area contributed by atoms with Crippen molar-refractivity contribution in [3.63, 3.8) is 0 Å². The van der Waals surface area contributed by atoms with Crippen LogP contribution in [-0.4, -0.2) is 66.0 Å². The molecule has 6 rings (SSSR count). The van der Waals surface area contributed by atoms with Crippen LogP contribution in [0.3, 0.4) is 0 Å². The summed E-state index contributed by atoms with van der Waals surface area (Å²) in [6.07, 6.45) is 4.97. The molecule has 5 fully saturated rings. The Morgan fingerprint density at radius 2 is 1.82 bits per heavy atom. The summed E-state index contributed by atoms with van der Waals surface area (Å²) in [4.78, 5) is 40.7. The third-order valence-corrected chi connectivity index (χ3v) is 10.3. The number of carbonyl (C=O) groups is 3. The third-order valence-electron chi connectivity index (χ3n) is 10.3.